The Labute approximate surface area is 158 Å². The van der Waals surface area contributed by atoms with E-state index in [0.717, 1.165) is 43.8 Å². The number of benzene rings is 2. The lowest BCUT2D eigenvalue weighted by Crippen LogP contribution is -2.32. The lowest BCUT2D eigenvalue weighted by molar-refractivity contribution is 0.202. The summed E-state index contributed by atoms with van der Waals surface area (Å²) in [6.07, 6.45) is 2.31. The van der Waals surface area contributed by atoms with Gasteiger partial charge >= 0.3 is 0 Å². The highest BCUT2D eigenvalue weighted by Crippen LogP contribution is 2.32. The van der Waals surface area contributed by atoms with Gasteiger partial charge in [-0.1, -0.05) is 75.3 Å². The first-order valence-corrected chi connectivity index (χ1v) is 10.0. The molecule has 4 rings (SSSR count). The van der Waals surface area contributed by atoms with E-state index in [1.165, 1.54) is 10.9 Å². The van der Waals surface area contributed by atoms with Crippen molar-refractivity contribution >= 4 is 11.0 Å². The largest absolute Gasteiger partial charge is 0.356 e. The van der Waals surface area contributed by atoms with Crippen LogP contribution in [0.2, 0.25) is 0 Å². The first-order chi connectivity index (χ1) is 12.9. The fourth-order valence-corrected chi connectivity index (χ4v) is 3.41. The highest BCUT2D eigenvalue weighted by molar-refractivity contribution is 5.79. The molecule has 1 fully saturated rings. The van der Waals surface area contributed by atoms with Crippen molar-refractivity contribution in [3.63, 3.8) is 0 Å². The number of piperidine rings is 1. The molecule has 0 aliphatic carbocycles. The van der Waals surface area contributed by atoms with E-state index in [0.29, 0.717) is 5.92 Å². The average Bonchev–Trinajstić information content (AvgIpc) is 3.17. The van der Waals surface area contributed by atoms with Crippen LogP contribution in [0.1, 0.15) is 57.7 Å². The molecule has 0 atom stereocenters. The van der Waals surface area contributed by atoms with Crippen LogP contribution >= 0.6 is 0 Å². The number of fused-ring (bicyclic) bond motifs is 1. The molecule has 0 saturated carbocycles. The van der Waals surface area contributed by atoms with Gasteiger partial charge in [0.15, 0.2) is 5.58 Å². The van der Waals surface area contributed by atoms with Gasteiger partial charge in [0.05, 0.1) is 5.69 Å². The van der Waals surface area contributed by atoms with Gasteiger partial charge in [-0.05, 0) is 43.6 Å². The second-order valence-corrected chi connectivity index (χ2v) is 6.10. The topological polar surface area (TPSA) is 29.3 Å². The fraction of sp³-hybridized carbons (Fsp3) is 0.435. The van der Waals surface area contributed by atoms with Crippen LogP contribution in [0.3, 0.4) is 0 Å². The summed E-state index contributed by atoms with van der Waals surface area (Å²) >= 11 is 0. The molecule has 26 heavy (non-hydrogen) atoms. The molecule has 0 bridgehead atoms. The molecule has 0 N–H and O–H groups in total. The predicted octanol–water partition coefficient (Wildman–Crippen LogP) is 6.26. The molecule has 0 radical (unpaired) electrons. The minimum Gasteiger partial charge on any atom is -0.356 e. The number of rotatable bonds is 3. The van der Waals surface area contributed by atoms with Crippen molar-refractivity contribution in [2.24, 2.45) is 0 Å². The molecule has 2 heterocycles. The van der Waals surface area contributed by atoms with Crippen molar-refractivity contribution in [1.82, 2.24) is 10.1 Å². The van der Waals surface area contributed by atoms with Crippen molar-refractivity contribution in [2.45, 2.75) is 53.0 Å². The maximum Gasteiger partial charge on any atom is 0.167 e. The van der Waals surface area contributed by atoms with Gasteiger partial charge in [0.25, 0.3) is 0 Å². The molecule has 1 aromatic heterocycles. The molecule has 0 unspecified atom stereocenters. The fourth-order valence-electron chi connectivity index (χ4n) is 3.41. The second kappa shape index (κ2) is 10.8. The Morgan fingerprint density at radius 3 is 2.19 bits per heavy atom. The molecule has 0 spiro atoms. The molecule has 0 amide bonds. The van der Waals surface area contributed by atoms with Crippen LogP contribution in [0, 0.1) is 0 Å². The van der Waals surface area contributed by atoms with Crippen LogP contribution < -0.4 is 0 Å². The molecular formula is C23H32N2O. The van der Waals surface area contributed by atoms with Gasteiger partial charge in [0, 0.05) is 17.8 Å². The summed E-state index contributed by atoms with van der Waals surface area (Å²) in [5.74, 6) is 0.524. The SMILES string of the molecule is CC.CC.c1ccc(CN2CCC(c3noc4ccccc34)CC2)cc1. The molecule has 3 aromatic rings. The van der Waals surface area contributed by atoms with Crippen LogP contribution in [-0.2, 0) is 6.54 Å². The zero-order valence-electron chi connectivity index (χ0n) is 16.6. The van der Waals surface area contributed by atoms with Crippen LogP contribution in [-0.4, -0.2) is 23.1 Å². The van der Waals surface area contributed by atoms with E-state index in [4.69, 9.17) is 4.52 Å². The van der Waals surface area contributed by atoms with Gasteiger partial charge in [0.2, 0.25) is 0 Å². The van der Waals surface area contributed by atoms with Gasteiger partial charge < -0.3 is 4.52 Å². The number of likely N-dealkylation sites (tertiary alicyclic amines) is 1. The van der Waals surface area contributed by atoms with E-state index in [9.17, 15) is 0 Å². The average molecular weight is 353 g/mol. The first kappa shape index (κ1) is 20.2. The number of nitrogens with zero attached hydrogens (tertiary/aromatic N) is 2. The van der Waals surface area contributed by atoms with Crippen LogP contribution in [0.4, 0.5) is 0 Å². The third-order valence-corrected chi connectivity index (χ3v) is 4.63. The van der Waals surface area contributed by atoms with Crippen molar-refractivity contribution in [3.05, 3.63) is 65.9 Å². The minimum atomic E-state index is 0.524. The Morgan fingerprint density at radius 1 is 0.885 bits per heavy atom. The van der Waals surface area contributed by atoms with Gasteiger partial charge in [-0.3, -0.25) is 4.90 Å². The predicted molar refractivity (Wildman–Crippen MR) is 110 cm³/mol. The van der Waals surface area contributed by atoms with Gasteiger partial charge in [0.1, 0.15) is 0 Å². The molecule has 1 aliphatic rings. The molecular weight excluding hydrogens is 320 g/mol. The van der Waals surface area contributed by atoms with E-state index in [1.807, 2.05) is 39.8 Å². The molecule has 3 nitrogen and oxygen atoms in total. The Kier molecular flexibility index (Phi) is 8.36. The minimum absolute atomic E-state index is 0.524. The smallest absolute Gasteiger partial charge is 0.167 e. The van der Waals surface area contributed by atoms with Crippen LogP contribution in [0.15, 0.2) is 59.1 Å². The highest BCUT2D eigenvalue weighted by atomic mass is 16.5. The highest BCUT2D eigenvalue weighted by Gasteiger charge is 2.24. The van der Waals surface area contributed by atoms with Crippen LogP contribution in [0.5, 0.6) is 0 Å². The molecule has 2 aromatic carbocycles. The van der Waals surface area contributed by atoms with E-state index >= 15 is 0 Å². The van der Waals surface area contributed by atoms with Crippen molar-refractivity contribution in [3.8, 4) is 0 Å². The van der Waals surface area contributed by atoms with Gasteiger partial charge in [-0.2, -0.15) is 0 Å². The van der Waals surface area contributed by atoms with Gasteiger partial charge in [-0.15, -0.1) is 0 Å². The van der Waals surface area contributed by atoms with E-state index < -0.39 is 0 Å². The lowest BCUT2D eigenvalue weighted by atomic mass is 9.91. The molecule has 1 saturated heterocycles. The number of aromatic nitrogens is 1. The first-order valence-electron chi connectivity index (χ1n) is 10.0. The summed E-state index contributed by atoms with van der Waals surface area (Å²) in [7, 11) is 0. The second-order valence-electron chi connectivity index (χ2n) is 6.10. The van der Waals surface area contributed by atoms with Crippen LogP contribution in [0.25, 0.3) is 11.0 Å². The van der Waals surface area contributed by atoms with E-state index in [2.05, 4.69) is 52.5 Å². The monoisotopic (exact) mass is 352 g/mol. The summed E-state index contributed by atoms with van der Waals surface area (Å²) in [5, 5.41) is 5.52. The number of para-hydroxylation sites is 1. The van der Waals surface area contributed by atoms with Crippen molar-refractivity contribution in [2.75, 3.05) is 13.1 Å². The Hall–Kier alpha value is -2.13. The Balaban J connectivity index is 0.000000570. The zero-order chi connectivity index (χ0) is 18.8. The van der Waals surface area contributed by atoms with E-state index in [-0.39, 0.29) is 0 Å². The number of hydrogen-bond acceptors (Lipinski definition) is 3. The summed E-state index contributed by atoms with van der Waals surface area (Å²) < 4.78 is 5.46. The molecule has 3 heteroatoms. The van der Waals surface area contributed by atoms with E-state index in [1.54, 1.807) is 0 Å². The normalized spacial score (nSPS) is 14.9. The molecule has 140 valence electrons. The summed E-state index contributed by atoms with van der Waals surface area (Å²) in [6.45, 7) is 11.3. The standard InChI is InChI=1S/C19H20N2O.2C2H6/c1-2-6-15(7-3-1)14-21-12-10-16(11-13-21)19-17-8-4-5-9-18(17)22-20-19;2*1-2/h1-9,16H,10-14H2;2*1-2H3. The quantitative estimate of drug-likeness (QED) is 0.557. The van der Waals surface area contributed by atoms with Crippen molar-refractivity contribution < 1.29 is 4.52 Å². The maximum absolute atomic E-state index is 5.46. The summed E-state index contributed by atoms with van der Waals surface area (Å²) in [4.78, 5) is 2.54. The Morgan fingerprint density at radius 2 is 1.50 bits per heavy atom. The van der Waals surface area contributed by atoms with Crippen molar-refractivity contribution in [1.29, 1.82) is 0 Å². The Bertz CT molecular complexity index is 743. The third-order valence-electron chi connectivity index (χ3n) is 4.63. The summed E-state index contributed by atoms with van der Waals surface area (Å²) in [5.41, 5.74) is 3.45. The third kappa shape index (κ3) is 4.95. The lowest BCUT2D eigenvalue weighted by Gasteiger charge is -2.31. The summed E-state index contributed by atoms with van der Waals surface area (Å²) in [6, 6.07) is 18.9. The number of hydrogen-bond donors (Lipinski definition) is 0. The van der Waals surface area contributed by atoms with Gasteiger partial charge in [-0.25, -0.2) is 0 Å². The zero-order valence-corrected chi connectivity index (χ0v) is 16.6. The maximum atomic E-state index is 5.46. The molecule has 1 aliphatic heterocycles.